The van der Waals surface area contributed by atoms with Gasteiger partial charge >= 0.3 is 6.18 Å². The molecule has 0 saturated heterocycles. The monoisotopic (exact) mass is 304 g/mol. The smallest absolute Gasteiger partial charge is 0.379 e. The molecule has 0 aromatic heterocycles. The quantitative estimate of drug-likeness (QED) is 0.649. The van der Waals surface area contributed by atoms with Crippen molar-refractivity contribution < 1.29 is 17.9 Å². The molecule has 0 heterocycles. The minimum Gasteiger partial charge on any atom is -0.379 e. The Bertz CT molecular complexity index is 455. The first-order chi connectivity index (χ1) is 9.59. The van der Waals surface area contributed by atoms with Crippen LogP contribution in [0.1, 0.15) is 31.9 Å². The Kier molecular flexibility index (Phi) is 5.78. The molecule has 0 fully saturated rings. The maximum atomic E-state index is 12.7. The van der Waals surface area contributed by atoms with Crippen molar-refractivity contribution in [3.8, 4) is 0 Å². The molecule has 0 radical (unpaired) electrons. The van der Waals surface area contributed by atoms with Crippen LogP contribution in [0.3, 0.4) is 0 Å². The number of methoxy groups -OCH3 is 1. The molecule has 0 aliphatic heterocycles. The van der Waals surface area contributed by atoms with E-state index in [4.69, 9.17) is 10.6 Å². The van der Waals surface area contributed by atoms with Gasteiger partial charge in [-0.2, -0.15) is 13.2 Å². The zero-order valence-corrected chi connectivity index (χ0v) is 12.8. The average Bonchev–Trinajstić information content (AvgIpc) is 2.36. The Balaban J connectivity index is 2.97. The highest BCUT2D eigenvalue weighted by Crippen LogP contribution is 2.31. The molecule has 1 rings (SSSR count). The summed E-state index contributed by atoms with van der Waals surface area (Å²) in [5, 5.41) is 0. The molecule has 1 aromatic rings. The van der Waals surface area contributed by atoms with Crippen LogP contribution in [0.2, 0.25) is 0 Å². The van der Waals surface area contributed by atoms with Crippen molar-refractivity contribution in [2.75, 3.05) is 7.11 Å². The number of benzene rings is 1. The van der Waals surface area contributed by atoms with Crippen molar-refractivity contribution in [3.63, 3.8) is 0 Å². The second kappa shape index (κ2) is 6.77. The number of halogens is 3. The van der Waals surface area contributed by atoms with Crippen LogP contribution in [0, 0.1) is 5.41 Å². The summed E-state index contributed by atoms with van der Waals surface area (Å²) in [6, 6.07) is 5.00. The highest BCUT2D eigenvalue weighted by Gasteiger charge is 2.33. The molecule has 2 unspecified atom stereocenters. The van der Waals surface area contributed by atoms with Crippen molar-refractivity contribution in [1.29, 1.82) is 0 Å². The molecule has 0 aliphatic carbocycles. The average molecular weight is 304 g/mol. The van der Waals surface area contributed by atoms with Gasteiger partial charge in [0.15, 0.2) is 0 Å². The fraction of sp³-hybridized carbons (Fsp3) is 0.600. The van der Waals surface area contributed by atoms with Gasteiger partial charge < -0.3 is 4.74 Å². The van der Waals surface area contributed by atoms with Gasteiger partial charge in [0.25, 0.3) is 0 Å². The maximum Gasteiger partial charge on any atom is 0.416 e. The zero-order valence-electron chi connectivity index (χ0n) is 12.8. The van der Waals surface area contributed by atoms with Crippen LogP contribution in [0.5, 0.6) is 0 Å². The predicted octanol–water partition coefficient (Wildman–Crippen LogP) is 3.14. The van der Waals surface area contributed by atoms with E-state index in [9.17, 15) is 13.2 Å². The highest BCUT2D eigenvalue weighted by atomic mass is 19.4. The van der Waals surface area contributed by atoms with E-state index in [2.05, 4.69) is 5.43 Å². The summed E-state index contributed by atoms with van der Waals surface area (Å²) in [7, 11) is 1.58. The molecule has 3 nitrogen and oxygen atoms in total. The largest absolute Gasteiger partial charge is 0.416 e. The lowest BCUT2D eigenvalue weighted by atomic mass is 9.82. The van der Waals surface area contributed by atoms with E-state index in [-0.39, 0.29) is 17.6 Å². The minimum atomic E-state index is -4.34. The molecule has 6 heteroatoms. The zero-order chi connectivity index (χ0) is 16.3. The van der Waals surface area contributed by atoms with Crippen LogP contribution in [-0.4, -0.2) is 19.3 Å². The second-order valence-electron chi connectivity index (χ2n) is 6.20. The molecule has 0 saturated carbocycles. The van der Waals surface area contributed by atoms with E-state index in [1.165, 1.54) is 6.07 Å². The van der Waals surface area contributed by atoms with Gasteiger partial charge in [0, 0.05) is 7.11 Å². The molecule has 2 atom stereocenters. The Morgan fingerprint density at radius 2 is 1.86 bits per heavy atom. The van der Waals surface area contributed by atoms with Crippen molar-refractivity contribution in [2.24, 2.45) is 11.3 Å². The summed E-state index contributed by atoms with van der Waals surface area (Å²) in [5.74, 6) is 5.57. The molecule has 0 amide bonds. The highest BCUT2D eigenvalue weighted by molar-refractivity contribution is 5.26. The Morgan fingerprint density at radius 1 is 1.24 bits per heavy atom. The third-order valence-corrected chi connectivity index (χ3v) is 3.40. The summed E-state index contributed by atoms with van der Waals surface area (Å²) < 4.78 is 43.7. The number of ether oxygens (including phenoxy) is 1. The summed E-state index contributed by atoms with van der Waals surface area (Å²) in [6.45, 7) is 5.99. The maximum absolute atomic E-state index is 12.7. The minimum absolute atomic E-state index is 0.187. The van der Waals surface area contributed by atoms with Crippen LogP contribution < -0.4 is 11.3 Å². The number of nitrogens with two attached hydrogens (primary N) is 1. The fourth-order valence-corrected chi connectivity index (χ4v) is 2.50. The normalized spacial score (nSPS) is 15.8. The third-order valence-electron chi connectivity index (χ3n) is 3.40. The van der Waals surface area contributed by atoms with Crippen molar-refractivity contribution in [2.45, 2.75) is 45.5 Å². The van der Waals surface area contributed by atoms with Crippen LogP contribution in [-0.2, 0) is 17.3 Å². The van der Waals surface area contributed by atoms with Gasteiger partial charge in [-0.15, -0.1) is 0 Å². The van der Waals surface area contributed by atoms with Crippen LogP contribution in [0.4, 0.5) is 13.2 Å². The van der Waals surface area contributed by atoms with Gasteiger partial charge in [0.1, 0.15) is 0 Å². The fourth-order valence-electron chi connectivity index (χ4n) is 2.50. The van der Waals surface area contributed by atoms with Crippen LogP contribution >= 0.6 is 0 Å². The van der Waals surface area contributed by atoms with Gasteiger partial charge in [0.05, 0.1) is 17.7 Å². The Labute approximate surface area is 123 Å². The van der Waals surface area contributed by atoms with E-state index in [0.717, 1.165) is 12.1 Å². The van der Waals surface area contributed by atoms with E-state index in [1.807, 2.05) is 20.8 Å². The van der Waals surface area contributed by atoms with E-state index in [1.54, 1.807) is 13.2 Å². The van der Waals surface area contributed by atoms with Crippen LogP contribution in [0.25, 0.3) is 0 Å². The second-order valence-corrected chi connectivity index (χ2v) is 6.20. The van der Waals surface area contributed by atoms with Gasteiger partial charge in [0.2, 0.25) is 0 Å². The van der Waals surface area contributed by atoms with Crippen molar-refractivity contribution >= 4 is 0 Å². The molecule has 0 spiro atoms. The van der Waals surface area contributed by atoms with E-state index in [0.29, 0.717) is 12.0 Å². The summed E-state index contributed by atoms with van der Waals surface area (Å²) in [5.41, 5.74) is 2.39. The number of alkyl halides is 3. The molecular formula is C15H23F3N2O. The molecule has 0 bridgehead atoms. The van der Waals surface area contributed by atoms with Crippen molar-refractivity contribution in [1.82, 2.24) is 5.43 Å². The lowest BCUT2D eigenvalue weighted by Crippen LogP contribution is -2.51. The van der Waals surface area contributed by atoms with E-state index < -0.39 is 11.7 Å². The molecular weight excluding hydrogens is 281 g/mol. The first-order valence-electron chi connectivity index (χ1n) is 6.74. The lowest BCUT2D eigenvalue weighted by Gasteiger charge is -2.35. The predicted molar refractivity (Wildman–Crippen MR) is 76.5 cm³/mol. The molecule has 120 valence electrons. The van der Waals surface area contributed by atoms with Crippen LogP contribution in [0.15, 0.2) is 24.3 Å². The van der Waals surface area contributed by atoms with Gasteiger partial charge in [-0.25, -0.2) is 0 Å². The summed E-state index contributed by atoms with van der Waals surface area (Å²) in [4.78, 5) is 0. The topological polar surface area (TPSA) is 47.3 Å². The summed E-state index contributed by atoms with van der Waals surface area (Å²) >= 11 is 0. The standard InChI is InChI=1S/C15H23F3N2O/c1-14(2,3)13(21-4)12(20-19)9-10-6-5-7-11(8-10)15(16,17)18/h5-8,12-13,20H,9,19H2,1-4H3. The molecule has 3 N–H and O–H groups in total. The third kappa shape index (κ3) is 4.98. The van der Waals surface area contributed by atoms with Crippen molar-refractivity contribution in [3.05, 3.63) is 35.4 Å². The Hall–Kier alpha value is -1.11. The summed E-state index contributed by atoms with van der Waals surface area (Å²) in [6.07, 6.45) is -4.21. The first kappa shape index (κ1) is 17.9. The Morgan fingerprint density at radius 3 is 2.29 bits per heavy atom. The first-order valence-corrected chi connectivity index (χ1v) is 6.74. The van der Waals surface area contributed by atoms with Gasteiger partial charge in [-0.05, 0) is 23.5 Å². The van der Waals surface area contributed by atoms with E-state index >= 15 is 0 Å². The number of hydrogen-bond donors (Lipinski definition) is 2. The number of rotatable bonds is 5. The molecule has 0 aliphatic rings. The number of hydrogen-bond acceptors (Lipinski definition) is 3. The molecule has 21 heavy (non-hydrogen) atoms. The SMILES string of the molecule is COC(C(Cc1cccc(C(F)(F)F)c1)NN)C(C)(C)C. The number of hydrazine groups is 1. The van der Waals surface area contributed by atoms with Gasteiger partial charge in [-0.1, -0.05) is 39.0 Å². The lowest BCUT2D eigenvalue weighted by molar-refractivity contribution is -0.137. The van der Waals surface area contributed by atoms with Gasteiger partial charge in [-0.3, -0.25) is 11.3 Å². The molecule has 1 aromatic carbocycles. The number of nitrogens with one attached hydrogen (secondary N) is 1.